The number of hydrogen-bond acceptors (Lipinski definition) is 2. The van der Waals surface area contributed by atoms with Crippen LogP contribution in [-0.2, 0) is 6.54 Å². The van der Waals surface area contributed by atoms with Gasteiger partial charge in [-0.25, -0.2) is 0 Å². The first-order valence-electron chi connectivity index (χ1n) is 7.02. The Labute approximate surface area is 117 Å². The first kappa shape index (κ1) is 15.6. The van der Waals surface area contributed by atoms with Crippen LogP contribution in [0.25, 0.3) is 0 Å². The third kappa shape index (κ3) is 5.36. The van der Waals surface area contributed by atoms with Crippen molar-refractivity contribution in [1.82, 2.24) is 5.32 Å². The normalized spacial score (nSPS) is 9.89. The molecule has 0 aromatic heterocycles. The van der Waals surface area contributed by atoms with Crippen LogP contribution in [0.15, 0.2) is 12.1 Å². The van der Waals surface area contributed by atoms with E-state index in [0.717, 1.165) is 31.7 Å². The van der Waals surface area contributed by atoms with Gasteiger partial charge in [0.2, 0.25) is 0 Å². The molecule has 0 aliphatic rings. The minimum Gasteiger partial charge on any atom is -0.492 e. The van der Waals surface area contributed by atoms with Crippen LogP contribution >= 0.6 is 0 Å². The molecule has 1 aromatic rings. The van der Waals surface area contributed by atoms with E-state index in [1.54, 1.807) is 0 Å². The molecule has 1 N–H and O–H groups in total. The van der Waals surface area contributed by atoms with Crippen LogP contribution in [0.1, 0.15) is 43.4 Å². The Kier molecular flexibility index (Phi) is 7.07. The molecule has 0 amide bonds. The summed E-state index contributed by atoms with van der Waals surface area (Å²) in [6.07, 6.45) is 1.95. The summed E-state index contributed by atoms with van der Waals surface area (Å²) in [7, 11) is 0. The van der Waals surface area contributed by atoms with Crippen LogP contribution in [0.3, 0.4) is 0 Å². The summed E-state index contributed by atoms with van der Waals surface area (Å²) in [4.78, 5) is 0. The summed E-state index contributed by atoms with van der Waals surface area (Å²) >= 11 is 0. The van der Waals surface area contributed by atoms with E-state index in [-0.39, 0.29) is 0 Å². The molecule has 104 valence electrons. The number of benzene rings is 1. The maximum absolute atomic E-state index is 5.83. The van der Waals surface area contributed by atoms with Crippen molar-refractivity contribution in [1.29, 1.82) is 0 Å². The third-order valence-corrected chi connectivity index (χ3v) is 2.93. The van der Waals surface area contributed by atoms with E-state index in [1.807, 2.05) is 6.92 Å². The van der Waals surface area contributed by atoms with Crippen LogP contribution in [-0.4, -0.2) is 13.2 Å². The molecule has 0 bridgehead atoms. The molecule has 0 atom stereocenters. The Morgan fingerprint density at radius 2 is 1.89 bits per heavy atom. The van der Waals surface area contributed by atoms with Crippen LogP contribution in [0.2, 0.25) is 0 Å². The van der Waals surface area contributed by atoms with Gasteiger partial charge in [-0.1, -0.05) is 19.1 Å². The third-order valence-electron chi connectivity index (χ3n) is 2.93. The van der Waals surface area contributed by atoms with Crippen molar-refractivity contribution in [3.63, 3.8) is 0 Å². The Balaban J connectivity index is 2.64. The molecule has 1 rings (SSSR count). The van der Waals surface area contributed by atoms with Gasteiger partial charge < -0.3 is 10.1 Å². The zero-order valence-electron chi connectivity index (χ0n) is 12.6. The van der Waals surface area contributed by atoms with Crippen molar-refractivity contribution in [3.05, 3.63) is 28.8 Å². The maximum Gasteiger partial charge on any atom is 0.125 e. The van der Waals surface area contributed by atoms with Crippen molar-refractivity contribution in [3.8, 4) is 17.6 Å². The summed E-state index contributed by atoms with van der Waals surface area (Å²) in [5.41, 5.74) is 3.74. The van der Waals surface area contributed by atoms with Gasteiger partial charge in [-0.2, -0.15) is 0 Å². The number of ether oxygens (including phenoxy) is 1. The summed E-state index contributed by atoms with van der Waals surface area (Å²) < 4.78 is 5.83. The number of aryl methyl sites for hydroxylation is 2. The molecule has 0 saturated heterocycles. The van der Waals surface area contributed by atoms with Gasteiger partial charge in [0.15, 0.2) is 0 Å². The van der Waals surface area contributed by atoms with Crippen molar-refractivity contribution in [2.24, 2.45) is 0 Å². The fourth-order valence-electron chi connectivity index (χ4n) is 2.11. The smallest absolute Gasteiger partial charge is 0.125 e. The minimum absolute atomic E-state index is 0.663. The van der Waals surface area contributed by atoms with Crippen molar-refractivity contribution < 1.29 is 4.74 Å². The van der Waals surface area contributed by atoms with Crippen LogP contribution < -0.4 is 10.1 Å². The van der Waals surface area contributed by atoms with Crippen LogP contribution in [0.5, 0.6) is 5.75 Å². The Bertz CT molecular complexity index is 431. The van der Waals surface area contributed by atoms with Crippen molar-refractivity contribution >= 4 is 0 Å². The second-order valence-corrected chi connectivity index (χ2v) is 4.76. The molecule has 0 saturated carbocycles. The Morgan fingerprint density at radius 1 is 1.21 bits per heavy atom. The molecule has 19 heavy (non-hydrogen) atoms. The minimum atomic E-state index is 0.663. The topological polar surface area (TPSA) is 21.3 Å². The highest BCUT2D eigenvalue weighted by atomic mass is 16.5. The highest BCUT2D eigenvalue weighted by molar-refractivity contribution is 5.43. The lowest BCUT2D eigenvalue weighted by Crippen LogP contribution is -2.14. The van der Waals surface area contributed by atoms with E-state index in [1.165, 1.54) is 16.7 Å². The highest BCUT2D eigenvalue weighted by Gasteiger charge is 2.06. The first-order valence-corrected chi connectivity index (χ1v) is 7.02. The molecular weight excluding hydrogens is 234 g/mol. The lowest BCUT2D eigenvalue weighted by Gasteiger charge is -2.13. The average molecular weight is 259 g/mol. The summed E-state index contributed by atoms with van der Waals surface area (Å²) in [6.45, 7) is 10.9. The van der Waals surface area contributed by atoms with Gasteiger partial charge in [-0.3, -0.25) is 0 Å². The molecule has 0 aliphatic carbocycles. The predicted molar refractivity (Wildman–Crippen MR) is 81.5 cm³/mol. The van der Waals surface area contributed by atoms with Gasteiger partial charge in [-0.05, 0) is 50.4 Å². The SMILES string of the molecule is CC#CCCOc1c(C)cc(CNCCC)cc1C. The Morgan fingerprint density at radius 3 is 2.47 bits per heavy atom. The van der Waals surface area contributed by atoms with E-state index < -0.39 is 0 Å². The lowest BCUT2D eigenvalue weighted by atomic mass is 10.1. The van der Waals surface area contributed by atoms with Crippen LogP contribution in [0, 0.1) is 25.7 Å². The molecule has 0 fully saturated rings. The largest absolute Gasteiger partial charge is 0.492 e. The number of nitrogens with one attached hydrogen (secondary N) is 1. The molecule has 0 unspecified atom stereocenters. The fraction of sp³-hybridized carbons (Fsp3) is 0.529. The van der Waals surface area contributed by atoms with E-state index in [9.17, 15) is 0 Å². The average Bonchev–Trinajstić information content (AvgIpc) is 2.37. The van der Waals surface area contributed by atoms with Gasteiger partial charge in [0.25, 0.3) is 0 Å². The first-order chi connectivity index (χ1) is 9.19. The monoisotopic (exact) mass is 259 g/mol. The van der Waals surface area contributed by atoms with Gasteiger partial charge in [0.1, 0.15) is 5.75 Å². The lowest BCUT2D eigenvalue weighted by molar-refractivity contribution is 0.322. The number of rotatable bonds is 7. The van der Waals surface area contributed by atoms with E-state index in [0.29, 0.717) is 6.61 Å². The molecular formula is C17H25NO. The van der Waals surface area contributed by atoms with E-state index in [4.69, 9.17) is 4.74 Å². The Hall–Kier alpha value is -1.46. The van der Waals surface area contributed by atoms with Gasteiger partial charge in [-0.15, -0.1) is 11.8 Å². The fourth-order valence-corrected chi connectivity index (χ4v) is 2.11. The van der Waals surface area contributed by atoms with Gasteiger partial charge >= 0.3 is 0 Å². The molecule has 0 radical (unpaired) electrons. The van der Waals surface area contributed by atoms with Crippen LogP contribution in [0.4, 0.5) is 0 Å². The number of hydrogen-bond donors (Lipinski definition) is 1. The summed E-state index contributed by atoms with van der Waals surface area (Å²) in [5.74, 6) is 6.91. The molecule has 0 spiro atoms. The second-order valence-electron chi connectivity index (χ2n) is 4.76. The van der Waals surface area contributed by atoms with Gasteiger partial charge in [0, 0.05) is 13.0 Å². The second kappa shape index (κ2) is 8.61. The summed E-state index contributed by atoms with van der Waals surface area (Å²) in [5, 5.41) is 3.43. The van der Waals surface area contributed by atoms with Crippen molar-refractivity contribution in [2.45, 2.75) is 47.1 Å². The standard InChI is InChI=1S/C17H25NO/c1-5-7-8-10-19-17-14(3)11-16(12-15(17)4)13-18-9-6-2/h11-12,18H,6,8-10,13H2,1-4H3. The molecule has 2 nitrogen and oxygen atoms in total. The van der Waals surface area contributed by atoms with E-state index >= 15 is 0 Å². The molecule has 0 heterocycles. The zero-order chi connectivity index (χ0) is 14.1. The predicted octanol–water partition coefficient (Wildman–Crippen LogP) is 3.60. The quantitative estimate of drug-likeness (QED) is 0.597. The maximum atomic E-state index is 5.83. The van der Waals surface area contributed by atoms with Gasteiger partial charge in [0.05, 0.1) is 6.61 Å². The van der Waals surface area contributed by atoms with Crippen molar-refractivity contribution in [2.75, 3.05) is 13.2 Å². The molecule has 1 aromatic carbocycles. The van der Waals surface area contributed by atoms with E-state index in [2.05, 4.69) is 50.1 Å². The molecule has 2 heteroatoms. The summed E-state index contributed by atoms with van der Waals surface area (Å²) in [6, 6.07) is 4.41. The molecule has 0 aliphatic heterocycles. The highest BCUT2D eigenvalue weighted by Crippen LogP contribution is 2.25. The zero-order valence-corrected chi connectivity index (χ0v) is 12.6.